The Morgan fingerprint density at radius 2 is 1.21 bits per heavy atom. The number of aromatic amines is 3. The first-order chi connectivity index (χ1) is 18.2. The van der Waals surface area contributed by atoms with Crippen LogP contribution in [-0.2, 0) is 16.2 Å². The standard InChI is InChI=1S/C30H35N9/c1-28(2,3)18-10-11-31-26-19(18)15(12-32-26)23-36-22(30(7,8)9)20-16(13-33-27(20)38-23)24-35-21(29(4,5)6)17-14-34-39-25(17)37-24/h10-14H,1-9H3,(H,31,32)(H,33,36,38)(H,34,35,37,39). The van der Waals surface area contributed by atoms with E-state index in [1.807, 2.05) is 18.6 Å². The molecule has 0 spiro atoms. The number of H-pyrrole nitrogens is 3. The van der Waals surface area contributed by atoms with E-state index >= 15 is 0 Å². The van der Waals surface area contributed by atoms with Gasteiger partial charge >= 0.3 is 0 Å². The first-order valence-corrected chi connectivity index (χ1v) is 13.3. The summed E-state index contributed by atoms with van der Waals surface area (Å²) in [5.41, 5.74) is 6.68. The van der Waals surface area contributed by atoms with E-state index in [0.29, 0.717) is 11.6 Å². The molecule has 6 rings (SSSR count). The third-order valence-electron chi connectivity index (χ3n) is 7.13. The van der Waals surface area contributed by atoms with Gasteiger partial charge in [-0.3, -0.25) is 5.10 Å². The van der Waals surface area contributed by atoms with E-state index in [2.05, 4.69) is 93.5 Å². The molecule has 0 fully saturated rings. The monoisotopic (exact) mass is 521 g/mol. The third-order valence-corrected chi connectivity index (χ3v) is 7.13. The fourth-order valence-electron chi connectivity index (χ4n) is 5.26. The van der Waals surface area contributed by atoms with E-state index in [-0.39, 0.29) is 16.2 Å². The molecule has 6 aromatic heterocycles. The molecule has 0 bridgehead atoms. The largest absolute Gasteiger partial charge is 0.345 e. The number of nitrogens with one attached hydrogen (secondary N) is 3. The molecular weight excluding hydrogens is 486 g/mol. The number of nitrogens with zero attached hydrogens (tertiary/aromatic N) is 6. The highest BCUT2D eigenvalue weighted by Gasteiger charge is 2.29. The summed E-state index contributed by atoms with van der Waals surface area (Å²) in [5.74, 6) is 1.28. The third kappa shape index (κ3) is 4.07. The number of pyridine rings is 1. The molecular formula is C30H35N9. The molecule has 6 heterocycles. The number of aromatic nitrogens is 9. The average Bonchev–Trinajstić information content (AvgIpc) is 3.58. The second-order valence-corrected chi connectivity index (χ2v) is 13.4. The fourth-order valence-corrected chi connectivity index (χ4v) is 5.26. The van der Waals surface area contributed by atoms with Crippen LogP contribution in [0.2, 0.25) is 0 Å². The lowest BCUT2D eigenvalue weighted by molar-refractivity contribution is 0.573. The van der Waals surface area contributed by atoms with Crippen molar-refractivity contribution in [3.63, 3.8) is 0 Å². The topological polar surface area (TPSA) is 125 Å². The van der Waals surface area contributed by atoms with E-state index < -0.39 is 0 Å². The number of hydrogen-bond donors (Lipinski definition) is 3. The van der Waals surface area contributed by atoms with Gasteiger partial charge in [0.15, 0.2) is 17.3 Å². The average molecular weight is 522 g/mol. The predicted molar refractivity (Wildman–Crippen MR) is 156 cm³/mol. The van der Waals surface area contributed by atoms with Crippen molar-refractivity contribution < 1.29 is 0 Å². The van der Waals surface area contributed by atoms with Gasteiger partial charge in [-0.1, -0.05) is 62.3 Å². The molecule has 9 heteroatoms. The Morgan fingerprint density at radius 1 is 0.615 bits per heavy atom. The van der Waals surface area contributed by atoms with Crippen molar-refractivity contribution in [1.29, 1.82) is 0 Å². The van der Waals surface area contributed by atoms with Gasteiger partial charge in [-0.05, 0) is 17.0 Å². The van der Waals surface area contributed by atoms with E-state index in [4.69, 9.17) is 19.9 Å². The Morgan fingerprint density at radius 3 is 1.85 bits per heavy atom. The van der Waals surface area contributed by atoms with E-state index in [9.17, 15) is 0 Å². The molecule has 0 unspecified atom stereocenters. The summed E-state index contributed by atoms with van der Waals surface area (Å²) in [6.07, 6.45) is 7.56. The van der Waals surface area contributed by atoms with Crippen LogP contribution < -0.4 is 0 Å². The van der Waals surface area contributed by atoms with Crippen LogP contribution in [0.1, 0.15) is 79.3 Å². The molecule has 6 aromatic rings. The minimum absolute atomic E-state index is 0.0673. The lowest BCUT2D eigenvalue weighted by atomic mass is 9.84. The Kier molecular flexibility index (Phi) is 5.28. The maximum Gasteiger partial charge on any atom is 0.164 e. The molecule has 0 radical (unpaired) electrons. The van der Waals surface area contributed by atoms with Gasteiger partial charge in [-0.15, -0.1) is 0 Å². The fraction of sp³-hybridized carbons (Fsp3) is 0.400. The normalized spacial score (nSPS) is 13.3. The van der Waals surface area contributed by atoms with Crippen LogP contribution in [0.5, 0.6) is 0 Å². The quantitative estimate of drug-likeness (QED) is 0.232. The summed E-state index contributed by atoms with van der Waals surface area (Å²) in [5, 5.41) is 10.2. The Labute approximate surface area is 227 Å². The van der Waals surface area contributed by atoms with Gasteiger partial charge in [0.05, 0.1) is 28.4 Å². The zero-order chi connectivity index (χ0) is 27.9. The van der Waals surface area contributed by atoms with Gasteiger partial charge in [0.1, 0.15) is 11.3 Å². The van der Waals surface area contributed by atoms with Crippen LogP contribution in [0.4, 0.5) is 0 Å². The Bertz CT molecular complexity index is 1860. The van der Waals surface area contributed by atoms with Crippen molar-refractivity contribution >= 4 is 33.1 Å². The number of rotatable bonds is 2. The number of fused-ring (bicyclic) bond motifs is 3. The lowest BCUT2D eigenvalue weighted by Crippen LogP contribution is -2.17. The highest BCUT2D eigenvalue weighted by atomic mass is 15.1. The maximum atomic E-state index is 5.22. The highest BCUT2D eigenvalue weighted by molar-refractivity contribution is 5.99. The van der Waals surface area contributed by atoms with Gasteiger partial charge in [-0.2, -0.15) is 5.10 Å². The van der Waals surface area contributed by atoms with Crippen molar-refractivity contribution in [2.24, 2.45) is 0 Å². The van der Waals surface area contributed by atoms with Crippen molar-refractivity contribution in [1.82, 2.24) is 45.1 Å². The maximum absolute atomic E-state index is 5.22. The van der Waals surface area contributed by atoms with E-state index in [0.717, 1.165) is 55.6 Å². The SMILES string of the molecule is CC(C)(C)c1nc(-c2c[nH]c3nc(-c4c[nH]c5nccc(C(C)(C)C)c45)nc(C(C)(C)C)c23)nc2[nH]ncc12. The molecule has 3 N–H and O–H groups in total. The van der Waals surface area contributed by atoms with E-state index in [1.165, 1.54) is 5.56 Å². The zero-order valence-corrected chi connectivity index (χ0v) is 24.1. The van der Waals surface area contributed by atoms with Gasteiger partial charge < -0.3 is 9.97 Å². The minimum atomic E-state index is -0.269. The van der Waals surface area contributed by atoms with Crippen molar-refractivity contribution in [3.05, 3.63) is 47.8 Å². The van der Waals surface area contributed by atoms with Gasteiger partial charge in [-0.25, -0.2) is 24.9 Å². The van der Waals surface area contributed by atoms with E-state index in [1.54, 1.807) is 6.20 Å². The molecule has 9 nitrogen and oxygen atoms in total. The van der Waals surface area contributed by atoms with Crippen molar-refractivity contribution in [3.8, 4) is 22.8 Å². The molecule has 0 amide bonds. The lowest BCUT2D eigenvalue weighted by Gasteiger charge is -2.22. The molecule has 39 heavy (non-hydrogen) atoms. The summed E-state index contributed by atoms with van der Waals surface area (Å²) in [6, 6.07) is 2.09. The minimum Gasteiger partial charge on any atom is -0.345 e. The van der Waals surface area contributed by atoms with Gasteiger partial charge in [0, 0.05) is 45.9 Å². The molecule has 200 valence electrons. The number of hydrogen-bond acceptors (Lipinski definition) is 6. The molecule has 0 aliphatic heterocycles. The second kappa shape index (κ2) is 8.18. The van der Waals surface area contributed by atoms with Crippen molar-refractivity contribution in [2.45, 2.75) is 78.6 Å². The summed E-state index contributed by atoms with van der Waals surface area (Å²) >= 11 is 0. The van der Waals surface area contributed by atoms with Crippen LogP contribution in [-0.4, -0.2) is 45.1 Å². The molecule has 0 saturated heterocycles. The molecule has 0 atom stereocenters. The van der Waals surface area contributed by atoms with Crippen LogP contribution >= 0.6 is 0 Å². The summed E-state index contributed by atoms with van der Waals surface area (Å²) in [6.45, 7) is 19.6. The molecule has 0 aliphatic carbocycles. The first-order valence-electron chi connectivity index (χ1n) is 13.3. The predicted octanol–water partition coefficient (Wildman–Crippen LogP) is 6.73. The molecule has 0 saturated carbocycles. The van der Waals surface area contributed by atoms with Crippen LogP contribution in [0.15, 0.2) is 30.9 Å². The smallest absolute Gasteiger partial charge is 0.164 e. The summed E-state index contributed by atoms with van der Waals surface area (Å²) < 4.78 is 0. The van der Waals surface area contributed by atoms with Crippen LogP contribution in [0.25, 0.3) is 55.9 Å². The summed E-state index contributed by atoms with van der Waals surface area (Å²) in [7, 11) is 0. The first kappa shape index (κ1) is 25.2. The van der Waals surface area contributed by atoms with Crippen LogP contribution in [0, 0.1) is 0 Å². The van der Waals surface area contributed by atoms with Crippen molar-refractivity contribution in [2.75, 3.05) is 0 Å². The highest BCUT2D eigenvalue weighted by Crippen LogP contribution is 2.39. The van der Waals surface area contributed by atoms with Crippen LogP contribution in [0.3, 0.4) is 0 Å². The van der Waals surface area contributed by atoms with Gasteiger partial charge in [0.25, 0.3) is 0 Å². The Hall–Kier alpha value is -4.14. The summed E-state index contributed by atoms with van der Waals surface area (Å²) in [4.78, 5) is 31.5. The molecule has 0 aliphatic rings. The second-order valence-electron chi connectivity index (χ2n) is 13.4. The molecule has 0 aromatic carbocycles. The Balaban J connectivity index is 1.63. The zero-order valence-electron chi connectivity index (χ0n) is 24.1. The van der Waals surface area contributed by atoms with Gasteiger partial charge in [0.2, 0.25) is 0 Å².